The third kappa shape index (κ3) is 3.90. The van der Waals surface area contributed by atoms with Gasteiger partial charge in [-0.3, -0.25) is 0 Å². The van der Waals surface area contributed by atoms with Crippen molar-refractivity contribution < 1.29 is 9.47 Å². The molecule has 0 aliphatic rings. The Kier molecular flexibility index (Phi) is 5.15. The Morgan fingerprint density at radius 3 is 2.73 bits per heavy atom. The summed E-state index contributed by atoms with van der Waals surface area (Å²) >= 11 is 0. The summed E-state index contributed by atoms with van der Waals surface area (Å²) in [5.74, 6) is 0.864. The molecule has 1 rings (SSSR count). The van der Waals surface area contributed by atoms with Crippen LogP contribution >= 0.6 is 0 Å². The zero-order valence-corrected chi connectivity index (χ0v) is 9.40. The normalized spacial score (nSPS) is 12.5. The fourth-order valence-electron chi connectivity index (χ4n) is 1.36. The van der Waals surface area contributed by atoms with E-state index in [0.29, 0.717) is 0 Å². The van der Waals surface area contributed by atoms with Gasteiger partial charge in [-0.15, -0.1) is 0 Å². The topological polar surface area (TPSA) is 44.5 Å². The summed E-state index contributed by atoms with van der Waals surface area (Å²) in [4.78, 5) is 0. The van der Waals surface area contributed by atoms with Gasteiger partial charge in [0.1, 0.15) is 5.75 Å². The molecule has 1 aromatic rings. The lowest BCUT2D eigenvalue weighted by Crippen LogP contribution is -2.21. The van der Waals surface area contributed by atoms with Gasteiger partial charge in [0.2, 0.25) is 0 Å². The van der Waals surface area contributed by atoms with Gasteiger partial charge in [0, 0.05) is 13.2 Å². The molecule has 0 aromatic heterocycles. The number of hydrogen-bond donors (Lipinski definition) is 1. The van der Waals surface area contributed by atoms with Crippen LogP contribution in [0.4, 0.5) is 0 Å². The van der Waals surface area contributed by atoms with Crippen LogP contribution in [0.1, 0.15) is 18.9 Å². The zero-order valence-electron chi connectivity index (χ0n) is 9.40. The van der Waals surface area contributed by atoms with Crippen molar-refractivity contribution in [1.29, 1.82) is 0 Å². The minimum atomic E-state index is 0.192. The number of benzene rings is 1. The van der Waals surface area contributed by atoms with Crippen molar-refractivity contribution >= 4 is 0 Å². The summed E-state index contributed by atoms with van der Waals surface area (Å²) in [6.45, 7) is 2.36. The van der Waals surface area contributed by atoms with Gasteiger partial charge in [0.15, 0.2) is 6.79 Å². The molecule has 0 fully saturated rings. The van der Waals surface area contributed by atoms with E-state index in [-0.39, 0.29) is 12.8 Å². The molecule has 1 aromatic carbocycles. The monoisotopic (exact) mass is 209 g/mol. The minimum Gasteiger partial charge on any atom is -0.467 e. The molecule has 0 saturated heterocycles. The highest BCUT2D eigenvalue weighted by atomic mass is 16.7. The van der Waals surface area contributed by atoms with E-state index in [4.69, 9.17) is 15.2 Å². The molecule has 2 N–H and O–H groups in total. The Labute approximate surface area is 91.2 Å². The van der Waals surface area contributed by atoms with Crippen LogP contribution < -0.4 is 10.5 Å². The molecule has 0 aliphatic carbocycles. The number of nitrogens with two attached hydrogens (primary N) is 1. The first kappa shape index (κ1) is 12.0. The molecule has 84 valence electrons. The molecule has 0 amide bonds. The average molecular weight is 209 g/mol. The second kappa shape index (κ2) is 6.43. The number of hydrogen-bond acceptors (Lipinski definition) is 3. The smallest absolute Gasteiger partial charge is 0.188 e. The first-order valence-electron chi connectivity index (χ1n) is 5.23. The highest BCUT2D eigenvalue weighted by molar-refractivity contribution is 5.33. The van der Waals surface area contributed by atoms with E-state index in [1.165, 1.54) is 0 Å². The standard InChI is InChI=1S/C12H19NO2/c1-3-11(13)8-10-6-4-5-7-12(10)15-9-14-2/h4-7,11H,3,8-9,13H2,1-2H3. The summed E-state index contributed by atoms with van der Waals surface area (Å²) in [5.41, 5.74) is 7.06. The number of ether oxygens (including phenoxy) is 2. The molecule has 0 bridgehead atoms. The van der Waals surface area contributed by atoms with Crippen LogP contribution in [-0.2, 0) is 11.2 Å². The van der Waals surface area contributed by atoms with E-state index in [0.717, 1.165) is 24.2 Å². The maximum atomic E-state index is 5.92. The van der Waals surface area contributed by atoms with Crippen LogP contribution in [0.15, 0.2) is 24.3 Å². The summed E-state index contributed by atoms with van der Waals surface area (Å²) in [6, 6.07) is 8.12. The van der Waals surface area contributed by atoms with Crippen molar-refractivity contribution in [2.24, 2.45) is 5.73 Å². The van der Waals surface area contributed by atoms with Gasteiger partial charge in [-0.2, -0.15) is 0 Å². The van der Waals surface area contributed by atoms with Gasteiger partial charge in [-0.1, -0.05) is 25.1 Å². The van der Waals surface area contributed by atoms with Crippen molar-refractivity contribution in [3.63, 3.8) is 0 Å². The number of para-hydroxylation sites is 1. The summed E-state index contributed by atoms with van der Waals surface area (Å²) in [7, 11) is 1.61. The Balaban J connectivity index is 2.67. The fourth-order valence-corrected chi connectivity index (χ4v) is 1.36. The predicted octanol–water partition coefficient (Wildman–Crippen LogP) is 1.95. The van der Waals surface area contributed by atoms with Crippen LogP contribution in [0.25, 0.3) is 0 Å². The van der Waals surface area contributed by atoms with Crippen LogP contribution in [-0.4, -0.2) is 19.9 Å². The van der Waals surface area contributed by atoms with Gasteiger partial charge >= 0.3 is 0 Å². The van der Waals surface area contributed by atoms with Gasteiger partial charge in [0.25, 0.3) is 0 Å². The molecule has 3 heteroatoms. The second-order valence-electron chi connectivity index (χ2n) is 3.53. The first-order chi connectivity index (χ1) is 7.27. The van der Waals surface area contributed by atoms with E-state index in [9.17, 15) is 0 Å². The maximum Gasteiger partial charge on any atom is 0.188 e. The summed E-state index contributed by atoms with van der Waals surface area (Å²) < 4.78 is 10.3. The Hall–Kier alpha value is -1.06. The zero-order chi connectivity index (χ0) is 11.1. The van der Waals surface area contributed by atoms with Crippen LogP contribution in [0, 0.1) is 0 Å². The number of methoxy groups -OCH3 is 1. The molecule has 0 spiro atoms. The van der Waals surface area contributed by atoms with E-state index < -0.39 is 0 Å². The third-order valence-electron chi connectivity index (χ3n) is 2.31. The molecule has 1 atom stereocenters. The first-order valence-corrected chi connectivity index (χ1v) is 5.23. The quantitative estimate of drug-likeness (QED) is 0.728. The van der Waals surface area contributed by atoms with Gasteiger partial charge in [-0.25, -0.2) is 0 Å². The van der Waals surface area contributed by atoms with E-state index in [1.807, 2.05) is 24.3 Å². The summed E-state index contributed by atoms with van der Waals surface area (Å²) in [5, 5.41) is 0. The second-order valence-corrected chi connectivity index (χ2v) is 3.53. The lowest BCUT2D eigenvalue weighted by molar-refractivity contribution is 0.0503. The van der Waals surface area contributed by atoms with E-state index in [1.54, 1.807) is 7.11 Å². The van der Waals surface area contributed by atoms with Crippen molar-refractivity contribution in [3.05, 3.63) is 29.8 Å². The van der Waals surface area contributed by atoms with Crippen LogP contribution in [0.2, 0.25) is 0 Å². The minimum absolute atomic E-state index is 0.192. The highest BCUT2D eigenvalue weighted by Gasteiger charge is 2.06. The Morgan fingerprint density at radius 1 is 1.33 bits per heavy atom. The molecule has 3 nitrogen and oxygen atoms in total. The molecular weight excluding hydrogens is 190 g/mol. The van der Waals surface area contributed by atoms with Crippen LogP contribution in [0.3, 0.4) is 0 Å². The van der Waals surface area contributed by atoms with Crippen LogP contribution in [0.5, 0.6) is 5.75 Å². The molecular formula is C12H19NO2. The maximum absolute atomic E-state index is 5.92. The molecule has 0 aliphatic heterocycles. The molecule has 0 radical (unpaired) electrons. The lowest BCUT2D eigenvalue weighted by atomic mass is 10.0. The molecule has 0 saturated carbocycles. The van der Waals surface area contributed by atoms with Gasteiger partial charge in [-0.05, 0) is 24.5 Å². The molecule has 15 heavy (non-hydrogen) atoms. The van der Waals surface area contributed by atoms with Crippen molar-refractivity contribution in [3.8, 4) is 5.75 Å². The van der Waals surface area contributed by atoms with E-state index in [2.05, 4.69) is 6.92 Å². The van der Waals surface area contributed by atoms with Crippen molar-refractivity contribution in [1.82, 2.24) is 0 Å². The largest absolute Gasteiger partial charge is 0.467 e. The Bertz CT molecular complexity index is 289. The SMILES string of the molecule is CCC(N)Cc1ccccc1OCOC. The van der Waals surface area contributed by atoms with Gasteiger partial charge in [0.05, 0.1) is 0 Å². The molecule has 0 heterocycles. The average Bonchev–Trinajstić information content (AvgIpc) is 2.28. The fraction of sp³-hybridized carbons (Fsp3) is 0.500. The lowest BCUT2D eigenvalue weighted by Gasteiger charge is -2.13. The predicted molar refractivity (Wildman–Crippen MR) is 60.9 cm³/mol. The van der Waals surface area contributed by atoms with Gasteiger partial charge < -0.3 is 15.2 Å². The Morgan fingerprint density at radius 2 is 2.07 bits per heavy atom. The summed E-state index contributed by atoms with van der Waals surface area (Å²) in [6.07, 6.45) is 1.81. The number of rotatable bonds is 6. The third-order valence-corrected chi connectivity index (χ3v) is 2.31. The van der Waals surface area contributed by atoms with Crippen molar-refractivity contribution in [2.45, 2.75) is 25.8 Å². The van der Waals surface area contributed by atoms with E-state index >= 15 is 0 Å². The molecule has 1 unspecified atom stereocenters. The van der Waals surface area contributed by atoms with Crippen molar-refractivity contribution in [2.75, 3.05) is 13.9 Å². The highest BCUT2D eigenvalue weighted by Crippen LogP contribution is 2.19.